The number of benzene rings is 2. The minimum Gasteiger partial charge on any atom is -0.497 e. The molecule has 34 heavy (non-hydrogen) atoms. The third kappa shape index (κ3) is 5.04. The SMILES string of the molecule is C=Cc1c(C)[nH]c2c1CC(=O)NC(C(=O)N(C)c1ccc(OC)cc1)Cc1cccc(c1)CS2. The number of nitrogens with one attached hydrogen (secondary N) is 2. The van der Waals surface area contributed by atoms with E-state index in [4.69, 9.17) is 4.74 Å². The van der Waals surface area contributed by atoms with Gasteiger partial charge in [0.15, 0.2) is 0 Å². The summed E-state index contributed by atoms with van der Waals surface area (Å²) in [6, 6.07) is 14.8. The van der Waals surface area contributed by atoms with Gasteiger partial charge in [-0.15, -0.1) is 11.8 Å². The highest BCUT2D eigenvalue weighted by molar-refractivity contribution is 7.98. The lowest BCUT2D eigenvalue weighted by molar-refractivity contribution is -0.127. The Kier molecular flexibility index (Phi) is 7.12. The summed E-state index contributed by atoms with van der Waals surface area (Å²) in [5, 5.41) is 3.97. The molecule has 0 saturated carbocycles. The maximum absolute atomic E-state index is 13.5. The monoisotopic (exact) mass is 475 g/mol. The van der Waals surface area contributed by atoms with Crippen molar-refractivity contribution < 1.29 is 14.3 Å². The van der Waals surface area contributed by atoms with E-state index >= 15 is 0 Å². The van der Waals surface area contributed by atoms with Gasteiger partial charge >= 0.3 is 0 Å². The first-order valence-electron chi connectivity index (χ1n) is 11.1. The van der Waals surface area contributed by atoms with Gasteiger partial charge in [-0.3, -0.25) is 9.59 Å². The first-order valence-corrected chi connectivity index (χ1v) is 12.1. The lowest BCUT2D eigenvalue weighted by atomic mass is 10.0. The van der Waals surface area contributed by atoms with Crippen LogP contribution in [0.3, 0.4) is 0 Å². The van der Waals surface area contributed by atoms with Gasteiger partial charge in [-0.05, 0) is 47.9 Å². The summed E-state index contributed by atoms with van der Waals surface area (Å²) < 4.78 is 5.22. The van der Waals surface area contributed by atoms with Crippen molar-refractivity contribution in [3.63, 3.8) is 0 Å². The lowest BCUT2D eigenvalue weighted by Crippen LogP contribution is -2.49. The lowest BCUT2D eigenvalue weighted by Gasteiger charge is -2.25. The summed E-state index contributed by atoms with van der Waals surface area (Å²) in [6.07, 6.45) is 2.37. The molecule has 4 rings (SSSR count). The summed E-state index contributed by atoms with van der Waals surface area (Å²) in [5.41, 5.74) is 5.75. The molecule has 3 aromatic rings. The second kappa shape index (κ2) is 10.2. The van der Waals surface area contributed by atoms with Gasteiger partial charge in [0.2, 0.25) is 11.8 Å². The Balaban J connectivity index is 1.67. The number of H-pyrrole nitrogens is 1. The van der Waals surface area contributed by atoms with Crippen LogP contribution in [-0.2, 0) is 28.2 Å². The number of hydrogen-bond donors (Lipinski definition) is 2. The first-order chi connectivity index (χ1) is 16.4. The molecule has 1 aliphatic heterocycles. The first kappa shape index (κ1) is 23.7. The standard InChI is InChI=1S/C27H29N3O3S/c1-5-22-17(2)28-26-23(22)15-25(31)29-24(14-18-7-6-8-19(13-18)16-34-26)27(32)30(3)20-9-11-21(33-4)12-10-20/h5-13,24,28H,1,14-16H2,2-4H3,(H,29,31). The van der Waals surface area contributed by atoms with Crippen molar-refractivity contribution in [2.45, 2.75) is 36.6 Å². The summed E-state index contributed by atoms with van der Waals surface area (Å²) in [6.45, 7) is 5.91. The molecular weight excluding hydrogens is 446 g/mol. The summed E-state index contributed by atoms with van der Waals surface area (Å²) in [7, 11) is 3.33. The number of rotatable bonds is 4. The number of hydrogen-bond acceptors (Lipinski definition) is 4. The highest BCUT2D eigenvalue weighted by Gasteiger charge is 2.27. The molecule has 1 unspecified atom stereocenters. The number of anilines is 1. The molecule has 0 fully saturated rings. The number of carbonyl (C=O) groups excluding carboxylic acids is 2. The molecular formula is C27H29N3O3S. The Bertz CT molecular complexity index is 1220. The number of ether oxygens (including phenoxy) is 1. The quantitative estimate of drug-likeness (QED) is 0.582. The van der Waals surface area contributed by atoms with Crippen LogP contribution in [0.5, 0.6) is 5.75 Å². The third-order valence-electron chi connectivity index (χ3n) is 6.08. The van der Waals surface area contributed by atoms with Gasteiger partial charge in [-0.2, -0.15) is 0 Å². The van der Waals surface area contributed by atoms with E-state index in [2.05, 4.69) is 29.0 Å². The molecule has 0 radical (unpaired) electrons. The minimum absolute atomic E-state index is 0.176. The normalized spacial score (nSPS) is 15.9. The van der Waals surface area contributed by atoms with Gasteiger partial charge in [0.05, 0.1) is 18.6 Å². The molecule has 1 atom stereocenters. The number of aromatic amines is 1. The van der Waals surface area contributed by atoms with Crippen LogP contribution in [0.25, 0.3) is 6.08 Å². The number of carbonyl (C=O) groups is 2. The predicted octanol–water partition coefficient (Wildman–Crippen LogP) is 4.51. The van der Waals surface area contributed by atoms with Gasteiger partial charge < -0.3 is 19.9 Å². The molecule has 1 aliphatic rings. The average Bonchev–Trinajstić information content (AvgIpc) is 3.14. The highest BCUT2D eigenvalue weighted by Crippen LogP contribution is 2.32. The van der Waals surface area contributed by atoms with Crippen LogP contribution < -0.4 is 15.0 Å². The van der Waals surface area contributed by atoms with Crippen LogP contribution in [0.1, 0.15) is 27.9 Å². The fourth-order valence-electron chi connectivity index (χ4n) is 4.25. The number of amides is 2. The van der Waals surface area contributed by atoms with E-state index in [1.165, 1.54) is 5.56 Å². The van der Waals surface area contributed by atoms with Crippen LogP contribution in [0.2, 0.25) is 0 Å². The highest BCUT2D eigenvalue weighted by atomic mass is 32.2. The molecule has 1 aromatic heterocycles. The predicted molar refractivity (Wildman–Crippen MR) is 137 cm³/mol. The van der Waals surface area contributed by atoms with Crippen LogP contribution in [0, 0.1) is 6.92 Å². The maximum Gasteiger partial charge on any atom is 0.249 e. The van der Waals surface area contributed by atoms with E-state index in [0.29, 0.717) is 12.2 Å². The number of fused-ring (bicyclic) bond motifs is 3. The fourth-order valence-corrected chi connectivity index (χ4v) is 5.32. The fraction of sp³-hybridized carbons (Fsp3) is 0.259. The van der Waals surface area contributed by atoms with E-state index in [9.17, 15) is 9.59 Å². The molecule has 2 N–H and O–H groups in total. The molecule has 176 valence electrons. The number of aryl methyl sites for hydroxylation is 1. The van der Waals surface area contributed by atoms with Crippen LogP contribution >= 0.6 is 11.8 Å². The molecule has 2 bridgehead atoms. The van der Waals surface area contributed by atoms with Gasteiger partial charge in [-0.25, -0.2) is 0 Å². The van der Waals surface area contributed by atoms with Crippen molar-refractivity contribution in [2.24, 2.45) is 0 Å². The number of methoxy groups -OCH3 is 1. The van der Waals surface area contributed by atoms with E-state index in [0.717, 1.165) is 38.9 Å². The van der Waals surface area contributed by atoms with Gasteiger partial charge in [0.25, 0.3) is 0 Å². The van der Waals surface area contributed by atoms with Crippen molar-refractivity contribution in [1.29, 1.82) is 0 Å². The van der Waals surface area contributed by atoms with Crippen LogP contribution in [0.4, 0.5) is 5.69 Å². The smallest absolute Gasteiger partial charge is 0.249 e. The number of thioether (sulfide) groups is 1. The van der Waals surface area contributed by atoms with E-state index < -0.39 is 6.04 Å². The van der Waals surface area contributed by atoms with Gasteiger partial charge in [-0.1, -0.05) is 36.9 Å². The molecule has 0 saturated heterocycles. The van der Waals surface area contributed by atoms with Gasteiger partial charge in [0, 0.05) is 36.2 Å². The minimum atomic E-state index is -0.697. The summed E-state index contributed by atoms with van der Waals surface area (Å²) >= 11 is 1.68. The molecule has 7 heteroatoms. The Morgan fingerprint density at radius 2 is 1.94 bits per heavy atom. The van der Waals surface area contributed by atoms with E-state index in [1.54, 1.807) is 36.9 Å². The second-order valence-corrected chi connectivity index (χ2v) is 9.37. The molecule has 2 aromatic carbocycles. The second-order valence-electron chi connectivity index (χ2n) is 8.38. The molecule has 0 spiro atoms. The zero-order chi connectivity index (χ0) is 24.2. The maximum atomic E-state index is 13.5. The molecule has 6 nitrogen and oxygen atoms in total. The average molecular weight is 476 g/mol. The summed E-state index contributed by atoms with van der Waals surface area (Å²) in [5.74, 6) is 1.12. The topological polar surface area (TPSA) is 74.4 Å². The summed E-state index contributed by atoms with van der Waals surface area (Å²) in [4.78, 5) is 31.7. The molecule has 0 aliphatic carbocycles. The Morgan fingerprint density at radius 1 is 1.21 bits per heavy atom. The number of likely N-dealkylation sites (N-methyl/N-ethyl adjacent to an activating group) is 1. The van der Waals surface area contributed by atoms with Crippen LogP contribution in [-0.4, -0.2) is 37.0 Å². The van der Waals surface area contributed by atoms with Crippen molar-refractivity contribution in [2.75, 3.05) is 19.1 Å². The Morgan fingerprint density at radius 3 is 2.65 bits per heavy atom. The zero-order valence-corrected chi connectivity index (χ0v) is 20.5. The third-order valence-corrected chi connectivity index (χ3v) is 7.20. The molecule has 2 amide bonds. The Labute approximate surface area is 204 Å². The van der Waals surface area contributed by atoms with Crippen LogP contribution in [0.15, 0.2) is 60.1 Å². The van der Waals surface area contributed by atoms with Crippen molar-refractivity contribution in [3.8, 4) is 5.75 Å². The molecule has 2 heterocycles. The number of nitrogens with zero attached hydrogens (tertiary/aromatic N) is 1. The largest absolute Gasteiger partial charge is 0.497 e. The number of aromatic nitrogens is 1. The van der Waals surface area contributed by atoms with Crippen molar-refractivity contribution in [1.82, 2.24) is 10.3 Å². The van der Waals surface area contributed by atoms with Crippen molar-refractivity contribution >= 4 is 35.3 Å². The Hall–Kier alpha value is -3.45. The van der Waals surface area contributed by atoms with Gasteiger partial charge in [0.1, 0.15) is 11.8 Å². The van der Waals surface area contributed by atoms with E-state index in [1.807, 2.05) is 43.3 Å². The van der Waals surface area contributed by atoms with Crippen molar-refractivity contribution in [3.05, 3.63) is 83.1 Å². The van der Waals surface area contributed by atoms with E-state index in [-0.39, 0.29) is 18.2 Å². The zero-order valence-electron chi connectivity index (χ0n) is 19.7.